The van der Waals surface area contributed by atoms with Crippen molar-refractivity contribution >= 4 is 11.9 Å². The van der Waals surface area contributed by atoms with Crippen molar-refractivity contribution in [3.05, 3.63) is 0 Å². The molecular weight excluding hydrogens is 254 g/mol. The van der Waals surface area contributed by atoms with E-state index >= 15 is 0 Å². The van der Waals surface area contributed by atoms with Gasteiger partial charge >= 0.3 is 5.97 Å². The summed E-state index contributed by atoms with van der Waals surface area (Å²) in [5.41, 5.74) is 0. The molecule has 0 aromatic heterocycles. The van der Waals surface area contributed by atoms with E-state index in [4.69, 9.17) is 0 Å². The largest absolute Gasteiger partial charge is 0.481 e. The molecule has 4 heteroatoms. The normalized spacial score (nSPS) is 33.4. The molecule has 0 bridgehead atoms. The van der Waals surface area contributed by atoms with Crippen molar-refractivity contribution in [3.63, 3.8) is 0 Å². The van der Waals surface area contributed by atoms with Crippen molar-refractivity contribution in [2.24, 2.45) is 35.5 Å². The Bertz CT molecular complexity index is 389. The van der Waals surface area contributed by atoms with Crippen molar-refractivity contribution < 1.29 is 14.7 Å². The number of rotatable bonds is 6. The number of hydrogen-bond acceptors (Lipinski definition) is 2. The average Bonchev–Trinajstić information content (AvgIpc) is 3.29. The van der Waals surface area contributed by atoms with Gasteiger partial charge in [0.1, 0.15) is 0 Å². The van der Waals surface area contributed by atoms with E-state index in [1.807, 2.05) is 6.92 Å². The molecular formula is C16H25NO3. The molecule has 20 heavy (non-hydrogen) atoms. The van der Waals surface area contributed by atoms with Crippen LogP contribution in [0.2, 0.25) is 0 Å². The zero-order valence-corrected chi connectivity index (χ0v) is 12.2. The second-order valence-electron chi connectivity index (χ2n) is 7.21. The lowest BCUT2D eigenvalue weighted by molar-refractivity contribution is -0.146. The Morgan fingerprint density at radius 2 is 1.65 bits per heavy atom. The van der Waals surface area contributed by atoms with Gasteiger partial charge in [0.2, 0.25) is 5.91 Å². The first-order valence-electron chi connectivity index (χ1n) is 8.06. The van der Waals surface area contributed by atoms with E-state index in [0.717, 1.165) is 24.8 Å². The highest BCUT2D eigenvalue weighted by molar-refractivity contribution is 5.85. The Hall–Kier alpha value is -1.06. The molecule has 3 rings (SSSR count). The Labute approximate surface area is 120 Å². The summed E-state index contributed by atoms with van der Waals surface area (Å²) in [5, 5.41) is 12.3. The number of aliphatic carboxylic acids is 1. The maximum atomic E-state index is 12.3. The van der Waals surface area contributed by atoms with Gasteiger partial charge in [-0.15, -0.1) is 0 Å². The molecule has 3 saturated carbocycles. The van der Waals surface area contributed by atoms with E-state index in [1.165, 1.54) is 25.7 Å². The standard InChI is InChI=1S/C16H25NO3/c1-9-6-12(13(7-9)16(19)20)15(18)17-8-14(10-2-3-10)11-4-5-11/h9-14H,2-8H2,1H3,(H,17,18)(H,19,20)/t9?,12-,13+/m0/s1. The fraction of sp³-hybridized carbons (Fsp3) is 0.875. The highest BCUT2D eigenvalue weighted by Gasteiger charge is 2.43. The van der Waals surface area contributed by atoms with E-state index in [1.54, 1.807) is 0 Å². The van der Waals surface area contributed by atoms with Crippen molar-refractivity contribution in [3.8, 4) is 0 Å². The lowest BCUT2D eigenvalue weighted by Gasteiger charge is -2.20. The monoisotopic (exact) mass is 279 g/mol. The highest BCUT2D eigenvalue weighted by atomic mass is 16.4. The summed E-state index contributed by atoms with van der Waals surface area (Å²) in [7, 11) is 0. The summed E-state index contributed by atoms with van der Waals surface area (Å²) in [6, 6.07) is 0. The van der Waals surface area contributed by atoms with Gasteiger partial charge in [0, 0.05) is 6.54 Å². The molecule has 1 amide bonds. The molecule has 3 aliphatic rings. The SMILES string of the molecule is CC1C[C@H](C(=O)NCC(C2CC2)C2CC2)[C@H](C(=O)O)C1. The minimum atomic E-state index is -0.810. The van der Waals surface area contributed by atoms with Crippen LogP contribution in [-0.4, -0.2) is 23.5 Å². The van der Waals surface area contributed by atoms with Crippen LogP contribution in [0.3, 0.4) is 0 Å². The van der Waals surface area contributed by atoms with E-state index in [-0.39, 0.29) is 11.8 Å². The van der Waals surface area contributed by atoms with Gasteiger partial charge in [-0.1, -0.05) is 6.92 Å². The second kappa shape index (κ2) is 5.38. The summed E-state index contributed by atoms with van der Waals surface area (Å²) < 4.78 is 0. The van der Waals surface area contributed by atoms with Gasteiger partial charge in [0.05, 0.1) is 11.8 Å². The number of carbonyl (C=O) groups is 2. The molecule has 0 heterocycles. The van der Waals surface area contributed by atoms with Gasteiger partial charge in [-0.2, -0.15) is 0 Å². The minimum Gasteiger partial charge on any atom is -0.481 e. The number of nitrogens with one attached hydrogen (secondary N) is 1. The predicted molar refractivity (Wildman–Crippen MR) is 75.0 cm³/mol. The van der Waals surface area contributed by atoms with Gasteiger partial charge in [-0.25, -0.2) is 0 Å². The van der Waals surface area contributed by atoms with Crippen LogP contribution in [0.15, 0.2) is 0 Å². The Balaban J connectivity index is 1.53. The molecule has 0 aliphatic heterocycles. The van der Waals surface area contributed by atoms with Crippen LogP contribution in [0, 0.1) is 35.5 Å². The van der Waals surface area contributed by atoms with Crippen LogP contribution in [0.4, 0.5) is 0 Å². The zero-order chi connectivity index (χ0) is 14.3. The Kier molecular flexibility index (Phi) is 3.74. The van der Waals surface area contributed by atoms with Gasteiger partial charge < -0.3 is 10.4 Å². The Morgan fingerprint density at radius 1 is 1.10 bits per heavy atom. The third-order valence-electron chi connectivity index (χ3n) is 5.42. The summed E-state index contributed by atoms with van der Waals surface area (Å²) in [4.78, 5) is 23.6. The van der Waals surface area contributed by atoms with Crippen LogP contribution in [0.1, 0.15) is 45.4 Å². The fourth-order valence-electron chi connectivity index (χ4n) is 3.97. The molecule has 1 unspecified atom stereocenters. The number of carboxylic acids is 1. The summed E-state index contributed by atoms with van der Waals surface area (Å²) in [6.45, 7) is 2.81. The topological polar surface area (TPSA) is 66.4 Å². The number of carboxylic acid groups (broad SMARTS) is 1. The minimum absolute atomic E-state index is 0.0203. The van der Waals surface area contributed by atoms with Crippen LogP contribution in [0.5, 0.6) is 0 Å². The van der Waals surface area contributed by atoms with Crippen molar-refractivity contribution in [2.45, 2.75) is 45.4 Å². The fourth-order valence-corrected chi connectivity index (χ4v) is 3.97. The van der Waals surface area contributed by atoms with Gasteiger partial charge in [0.15, 0.2) is 0 Å². The van der Waals surface area contributed by atoms with Crippen LogP contribution >= 0.6 is 0 Å². The first-order valence-corrected chi connectivity index (χ1v) is 8.06. The third kappa shape index (κ3) is 2.99. The van der Waals surface area contributed by atoms with E-state index in [2.05, 4.69) is 5.32 Å². The lowest BCUT2D eigenvalue weighted by atomic mass is 9.94. The molecule has 2 N–H and O–H groups in total. The average molecular weight is 279 g/mol. The van der Waals surface area contributed by atoms with Crippen LogP contribution in [0.25, 0.3) is 0 Å². The molecule has 4 nitrogen and oxygen atoms in total. The first-order chi connectivity index (χ1) is 9.56. The zero-order valence-electron chi connectivity index (χ0n) is 12.2. The Morgan fingerprint density at radius 3 is 2.15 bits per heavy atom. The van der Waals surface area contributed by atoms with Crippen molar-refractivity contribution in [1.29, 1.82) is 0 Å². The van der Waals surface area contributed by atoms with Gasteiger partial charge in [-0.3, -0.25) is 9.59 Å². The predicted octanol–water partition coefficient (Wildman–Crippen LogP) is 2.29. The molecule has 0 aromatic carbocycles. The smallest absolute Gasteiger partial charge is 0.307 e. The third-order valence-corrected chi connectivity index (χ3v) is 5.42. The van der Waals surface area contributed by atoms with E-state index < -0.39 is 11.9 Å². The molecule has 3 aliphatic carbocycles. The van der Waals surface area contributed by atoms with Gasteiger partial charge in [-0.05, 0) is 62.2 Å². The van der Waals surface area contributed by atoms with Crippen molar-refractivity contribution in [1.82, 2.24) is 5.32 Å². The number of amides is 1. The highest BCUT2D eigenvalue weighted by Crippen LogP contribution is 2.49. The van der Waals surface area contributed by atoms with Crippen LogP contribution in [-0.2, 0) is 9.59 Å². The summed E-state index contributed by atoms with van der Waals surface area (Å²) in [5.74, 6) is 1.01. The number of hydrogen-bond donors (Lipinski definition) is 2. The lowest BCUT2D eigenvalue weighted by Crippen LogP contribution is -2.38. The van der Waals surface area contributed by atoms with E-state index in [9.17, 15) is 14.7 Å². The molecule has 0 radical (unpaired) electrons. The quantitative estimate of drug-likeness (QED) is 0.784. The molecule has 0 saturated heterocycles. The van der Waals surface area contributed by atoms with Gasteiger partial charge in [0.25, 0.3) is 0 Å². The summed E-state index contributed by atoms with van der Waals surface area (Å²) >= 11 is 0. The molecule has 0 spiro atoms. The molecule has 0 aromatic rings. The number of carbonyl (C=O) groups excluding carboxylic acids is 1. The summed E-state index contributed by atoms with van der Waals surface area (Å²) in [6.07, 6.45) is 6.62. The van der Waals surface area contributed by atoms with Crippen molar-refractivity contribution in [2.75, 3.05) is 6.54 Å². The molecule has 112 valence electrons. The second-order valence-corrected chi connectivity index (χ2v) is 7.21. The first kappa shape index (κ1) is 13.9. The maximum absolute atomic E-state index is 12.3. The maximum Gasteiger partial charge on any atom is 0.307 e. The van der Waals surface area contributed by atoms with Crippen LogP contribution < -0.4 is 5.32 Å². The molecule has 3 atom stereocenters. The molecule has 3 fully saturated rings. The van der Waals surface area contributed by atoms with E-state index in [0.29, 0.717) is 18.3 Å².